The zero-order valence-electron chi connectivity index (χ0n) is 12.5. The van der Waals surface area contributed by atoms with Crippen molar-refractivity contribution in [3.05, 3.63) is 29.8 Å². The van der Waals surface area contributed by atoms with Crippen LogP contribution in [-0.4, -0.2) is 23.4 Å². The first-order chi connectivity index (χ1) is 9.74. The monoisotopic (exact) mass is 308 g/mol. The molecule has 2 fully saturated rings. The van der Waals surface area contributed by atoms with Crippen LogP contribution in [0.2, 0.25) is 0 Å². The maximum atomic E-state index is 12.6. The number of nitrogen functional groups attached to an aromatic ring is 1. The second-order valence-electron chi connectivity index (χ2n) is 6.26. The van der Waals surface area contributed by atoms with Crippen molar-refractivity contribution in [3.63, 3.8) is 0 Å². The third-order valence-corrected chi connectivity index (χ3v) is 4.90. The van der Waals surface area contributed by atoms with E-state index in [-0.39, 0.29) is 12.4 Å². The smallest absolute Gasteiger partial charge is 0.227 e. The average Bonchev–Trinajstić information content (AvgIpc) is 2.49. The number of fused-ring (bicyclic) bond motifs is 1. The van der Waals surface area contributed by atoms with E-state index in [0.717, 1.165) is 23.7 Å². The Hall–Kier alpha value is -1.22. The minimum absolute atomic E-state index is 0. The molecule has 1 aromatic carbocycles. The van der Waals surface area contributed by atoms with Gasteiger partial charge in [-0.1, -0.05) is 25.0 Å². The Morgan fingerprint density at radius 1 is 1.10 bits per heavy atom. The van der Waals surface area contributed by atoms with E-state index in [2.05, 4.69) is 4.90 Å². The zero-order chi connectivity index (χ0) is 13.9. The largest absolute Gasteiger partial charge is 0.399 e. The number of carbonyl (C=O) groups is 1. The summed E-state index contributed by atoms with van der Waals surface area (Å²) in [6, 6.07) is 8.20. The summed E-state index contributed by atoms with van der Waals surface area (Å²) < 4.78 is 0. The Morgan fingerprint density at radius 3 is 2.52 bits per heavy atom. The number of halogens is 1. The number of nitrogens with two attached hydrogens (primary N) is 1. The van der Waals surface area contributed by atoms with E-state index in [1.54, 1.807) is 0 Å². The van der Waals surface area contributed by atoms with Crippen LogP contribution < -0.4 is 5.73 Å². The molecule has 2 aliphatic rings. The van der Waals surface area contributed by atoms with Gasteiger partial charge in [0.05, 0.1) is 6.42 Å². The van der Waals surface area contributed by atoms with Crippen LogP contribution in [0.4, 0.5) is 5.69 Å². The molecule has 0 radical (unpaired) electrons. The van der Waals surface area contributed by atoms with Crippen molar-refractivity contribution < 1.29 is 4.79 Å². The molecule has 3 nitrogen and oxygen atoms in total. The zero-order valence-corrected chi connectivity index (χ0v) is 13.3. The summed E-state index contributed by atoms with van der Waals surface area (Å²) in [6.07, 6.45) is 8.16. The lowest BCUT2D eigenvalue weighted by molar-refractivity contribution is -0.136. The molecule has 0 aromatic heterocycles. The molecule has 21 heavy (non-hydrogen) atoms. The second kappa shape index (κ2) is 7.17. The molecule has 2 atom stereocenters. The van der Waals surface area contributed by atoms with Crippen LogP contribution in [0.1, 0.15) is 44.1 Å². The highest BCUT2D eigenvalue weighted by molar-refractivity contribution is 5.85. The summed E-state index contributed by atoms with van der Waals surface area (Å²) in [4.78, 5) is 14.8. The number of anilines is 1. The van der Waals surface area contributed by atoms with Gasteiger partial charge in [-0.25, -0.2) is 0 Å². The highest BCUT2D eigenvalue weighted by atomic mass is 35.5. The van der Waals surface area contributed by atoms with Crippen molar-refractivity contribution in [1.29, 1.82) is 0 Å². The molecule has 1 amide bonds. The summed E-state index contributed by atoms with van der Waals surface area (Å²) in [5, 5.41) is 0. The van der Waals surface area contributed by atoms with Crippen LogP contribution >= 0.6 is 12.4 Å². The molecule has 1 saturated carbocycles. The molecular weight excluding hydrogens is 284 g/mol. The minimum Gasteiger partial charge on any atom is -0.399 e. The summed E-state index contributed by atoms with van der Waals surface area (Å²) in [7, 11) is 0. The van der Waals surface area contributed by atoms with Gasteiger partial charge in [0.2, 0.25) is 5.91 Å². The van der Waals surface area contributed by atoms with Gasteiger partial charge in [0.15, 0.2) is 0 Å². The fourth-order valence-electron chi connectivity index (χ4n) is 3.85. The van der Waals surface area contributed by atoms with Crippen LogP contribution in [0.25, 0.3) is 0 Å². The van der Waals surface area contributed by atoms with Crippen molar-refractivity contribution in [2.45, 2.75) is 51.0 Å². The molecular formula is C17H25ClN2O. The lowest BCUT2D eigenvalue weighted by Crippen LogP contribution is -2.50. The first-order valence-corrected chi connectivity index (χ1v) is 7.88. The van der Waals surface area contributed by atoms with Gasteiger partial charge in [0, 0.05) is 18.3 Å². The van der Waals surface area contributed by atoms with Crippen molar-refractivity contribution in [2.24, 2.45) is 5.92 Å². The number of hydrogen-bond donors (Lipinski definition) is 1. The van der Waals surface area contributed by atoms with E-state index < -0.39 is 0 Å². The summed E-state index contributed by atoms with van der Waals surface area (Å²) in [6.45, 7) is 0.953. The molecule has 1 heterocycles. The fraction of sp³-hybridized carbons (Fsp3) is 0.588. The Balaban J connectivity index is 0.00000161. The molecule has 116 valence electrons. The van der Waals surface area contributed by atoms with E-state index >= 15 is 0 Å². The molecule has 0 spiro atoms. The lowest BCUT2D eigenvalue weighted by atomic mass is 9.78. The summed E-state index contributed by atoms with van der Waals surface area (Å²) in [5.74, 6) is 1.05. The quantitative estimate of drug-likeness (QED) is 0.851. The fourth-order valence-corrected chi connectivity index (χ4v) is 3.85. The first kappa shape index (κ1) is 16.2. The number of rotatable bonds is 2. The van der Waals surface area contributed by atoms with Crippen molar-refractivity contribution in [2.75, 3.05) is 12.3 Å². The van der Waals surface area contributed by atoms with Crippen LogP contribution in [0.15, 0.2) is 24.3 Å². The van der Waals surface area contributed by atoms with Gasteiger partial charge in [-0.15, -0.1) is 12.4 Å². The van der Waals surface area contributed by atoms with Gasteiger partial charge in [-0.3, -0.25) is 4.79 Å². The van der Waals surface area contributed by atoms with Gasteiger partial charge in [0.1, 0.15) is 0 Å². The van der Waals surface area contributed by atoms with Crippen molar-refractivity contribution in [1.82, 2.24) is 4.90 Å². The molecule has 1 aromatic rings. The molecule has 2 unspecified atom stereocenters. The number of piperidine rings is 1. The van der Waals surface area contributed by atoms with E-state index in [0.29, 0.717) is 18.4 Å². The molecule has 2 N–H and O–H groups in total. The van der Waals surface area contributed by atoms with E-state index in [1.807, 2.05) is 24.3 Å². The number of nitrogens with zero attached hydrogens (tertiary/aromatic N) is 1. The third-order valence-electron chi connectivity index (χ3n) is 4.90. The normalized spacial score (nSPS) is 24.9. The maximum absolute atomic E-state index is 12.6. The van der Waals surface area contributed by atoms with Crippen LogP contribution in [0, 0.1) is 5.92 Å². The van der Waals surface area contributed by atoms with Crippen LogP contribution in [-0.2, 0) is 11.2 Å². The van der Waals surface area contributed by atoms with E-state index in [1.165, 1.54) is 38.5 Å². The Bertz CT molecular complexity index is 472. The number of carbonyl (C=O) groups excluding carboxylic acids is 1. The van der Waals surface area contributed by atoms with Gasteiger partial charge in [-0.05, 0) is 49.3 Å². The summed E-state index contributed by atoms with van der Waals surface area (Å²) in [5.41, 5.74) is 7.52. The lowest BCUT2D eigenvalue weighted by Gasteiger charge is -2.44. The highest BCUT2D eigenvalue weighted by Crippen LogP contribution is 2.35. The van der Waals surface area contributed by atoms with Gasteiger partial charge < -0.3 is 10.6 Å². The summed E-state index contributed by atoms with van der Waals surface area (Å²) >= 11 is 0. The Morgan fingerprint density at radius 2 is 1.76 bits per heavy atom. The Labute approximate surface area is 133 Å². The topological polar surface area (TPSA) is 46.3 Å². The van der Waals surface area contributed by atoms with Crippen LogP contribution in [0.5, 0.6) is 0 Å². The average molecular weight is 309 g/mol. The van der Waals surface area contributed by atoms with E-state index in [9.17, 15) is 4.79 Å². The van der Waals surface area contributed by atoms with Gasteiger partial charge in [-0.2, -0.15) is 0 Å². The predicted octanol–water partition coefficient (Wildman–Crippen LogP) is 3.41. The number of likely N-dealkylation sites (tertiary alicyclic amines) is 1. The number of benzene rings is 1. The van der Waals surface area contributed by atoms with E-state index in [4.69, 9.17) is 5.73 Å². The Kier molecular flexibility index (Phi) is 5.51. The van der Waals surface area contributed by atoms with Crippen LogP contribution in [0.3, 0.4) is 0 Å². The SMILES string of the molecule is Cl.Nc1ccc(CC(=O)N2CCCC3CCCCC32)cc1. The van der Waals surface area contributed by atoms with Gasteiger partial charge in [0.25, 0.3) is 0 Å². The van der Waals surface area contributed by atoms with Crippen molar-refractivity contribution in [3.8, 4) is 0 Å². The predicted molar refractivity (Wildman–Crippen MR) is 88.5 cm³/mol. The van der Waals surface area contributed by atoms with Gasteiger partial charge >= 0.3 is 0 Å². The molecule has 4 heteroatoms. The van der Waals surface area contributed by atoms with Crippen molar-refractivity contribution >= 4 is 24.0 Å². The maximum Gasteiger partial charge on any atom is 0.227 e. The standard InChI is InChI=1S/C17H24N2O.ClH/c18-15-9-7-13(8-10-15)12-17(20)19-11-3-5-14-4-1-2-6-16(14)19;/h7-10,14,16H,1-6,11-12,18H2;1H. The first-order valence-electron chi connectivity index (χ1n) is 7.88. The minimum atomic E-state index is 0. The number of hydrogen-bond acceptors (Lipinski definition) is 2. The molecule has 3 rings (SSSR count). The number of amides is 1. The molecule has 1 saturated heterocycles. The molecule has 1 aliphatic carbocycles. The molecule has 1 aliphatic heterocycles. The third kappa shape index (κ3) is 3.70. The molecule has 0 bridgehead atoms. The highest BCUT2D eigenvalue weighted by Gasteiger charge is 2.35. The second-order valence-corrected chi connectivity index (χ2v) is 6.26.